The number of fused-ring (bicyclic) bond motifs is 1. The number of rotatable bonds is 6. The van der Waals surface area contributed by atoms with Crippen molar-refractivity contribution in [2.75, 3.05) is 19.7 Å². The second-order valence-corrected chi connectivity index (χ2v) is 7.50. The Balaban J connectivity index is 1.37. The number of aromatic nitrogens is 2. The molecule has 2 N–H and O–H groups in total. The molecule has 0 radical (unpaired) electrons. The maximum Gasteiger partial charge on any atom is 0.253 e. The summed E-state index contributed by atoms with van der Waals surface area (Å²) in [6, 6.07) is 1.78. The third-order valence-corrected chi connectivity index (χ3v) is 5.43. The molecule has 2 aromatic heterocycles. The summed E-state index contributed by atoms with van der Waals surface area (Å²) < 4.78 is 9.81. The molecular weight excluding hydrogens is 364 g/mol. The van der Waals surface area contributed by atoms with Crippen molar-refractivity contribution in [1.82, 2.24) is 20.0 Å². The Morgan fingerprint density at radius 2 is 2.04 bits per heavy atom. The molecular formula is C19H22N4O3S. The minimum absolute atomic E-state index is 0.0568. The SMILES string of the molecule is Cc1nsc2ncc(C(=O)NCC#CCNC(=O)COC3(C)CCC3)cc12. The van der Waals surface area contributed by atoms with Gasteiger partial charge >= 0.3 is 0 Å². The van der Waals surface area contributed by atoms with Crippen molar-refractivity contribution in [2.45, 2.75) is 38.7 Å². The topological polar surface area (TPSA) is 93.2 Å². The molecule has 0 unspecified atom stereocenters. The average Bonchev–Trinajstić information content (AvgIpc) is 3.01. The van der Waals surface area contributed by atoms with Gasteiger partial charge in [0.25, 0.3) is 5.91 Å². The molecule has 2 aromatic rings. The minimum Gasteiger partial charge on any atom is -0.365 e. The minimum atomic E-state index is -0.240. The number of hydrogen-bond donors (Lipinski definition) is 2. The van der Waals surface area contributed by atoms with Crippen molar-refractivity contribution in [2.24, 2.45) is 0 Å². The molecule has 1 saturated carbocycles. The Hall–Kier alpha value is -2.50. The Kier molecular flexibility index (Phi) is 6.04. The zero-order chi connectivity index (χ0) is 19.3. The fourth-order valence-electron chi connectivity index (χ4n) is 2.67. The number of nitrogens with zero attached hydrogens (tertiary/aromatic N) is 2. The lowest BCUT2D eigenvalue weighted by molar-refractivity contribution is -0.138. The zero-order valence-corrected chi connectivity index (χ0v) is 16.2. The van der Waals surface area contributed by atoms with Crippen LogP contribution in [0.3, 0.4) is 0 Å². The summed E-state index contributed by atoms with van der Waals surface area (Å²) in [5, 5.41) is 6.29. The van der Waals surface area contributed by atoms with Gasteiger partial charge in [0, 0.05) is 11.6 Å². The van der Waals surface area contributed by atoms with Gasteiger partial charge in [-0.05, 0) is 50.7 Å². The maximum atomic E-state index is 12.2. The first-order valence-electron chi connectivity index (χ1n) is 8.83. The van der Waals surface area contributed by atoms with Crippen LogP contribution < -0.4 is 10.6 Å². The zero-order valence-electron chi connectivity index (χ0n) is 15.4. The summed E-state index contributed by atoms with van der Waals surface area (Å²) in [5.74, 6) is 5.20. The number of aryl methyl sites for hydroxylation is 1. The van der Waals surface area contributed by atoms with E-state index in [-0.39, 0.29) is 37.1 Å². The van der Waals surface area contributed by atoms with Crippen LogP contribution in [-0.2, 0) is 9.53 Å². The van der Waals surface area contributed by atoms with Crippen molar-refractivity contribution in [3.05, 3.63) is 23.5 Å². The molecule has 8 heteroatoms. The van der Waals surface area contributed by atoms with Gasteiger partial charge in [-0.1, -0.05) is 11.8 Å². The van der Waals surface area contributed by atoms with E-state index in [0.29, 0.717) is 5.56 Å². The van der Waals surface area contributed by atoms with Gasteiger partial charge in [0.2, 0.25) is 5.91 Å². The molecule has 1 aliphatic carbocycles. The third-order valence-electron chi connectivity index (χ3n) is 4.57. The van der Waals surface area contributed by atoms with Crippen LogP contribution in [0.25, 0.3) is 10.2 Å². The van der Waals surface area contributed by atoms with Gasteiger partial charge in [0.05, 0.1) is 29.9 Å². The molecule has 2 heterocycles. The molecule has 1 fully saturated rings. The largest absolute Gasteiger partial charge is 0.365 e. The number of nitrogens with one attached hydrogen (secondary N) is 2. The van der Waals surface area contributed by atoms with E-state index in [0.717, 1.165) is 35.2 Å². The normalized spacial score (nSPS) is 14.7. The highest BCUT2D eigenvalue weighted by atomic mass is 32.1. The lowest BCUT2D eigenvalue weighted by atomic mass is 9.82. The Bertz CT molecular complexity index is 909. The first-order chi connectivity index (χ1) is 13.0. The number of ether oxygens (including phenoxy) is 1. The summed E-state index contributed by atoms with van der Waals surface area (Å²) in [5.41, 5.74) is 1.20. The summed E-state index contributed by atoms with van der Waals surface area (Å²) >= 11 is 1.31. The van der Waals surface area contributed by atoms with Gasteiger partial charge in [-0.2, -0.15) is 4.37 Å². The van der Waals surface area contributed by atoms with Gasteiger partial charge in [-0.3, -0.25) is 9.59 Å². The van der Waals surface area contributed by atoms with Gasteiger partial charge in [-0.25, -0.2) is 4.98 Å². The first-order valence-corrected chi connectivity index (χ1v) is 9.61. The smallest absolute Gasteiger partial charge is 0.253 e. The van der Waals surface area contributed by atoms with Gasteiger partial charge in [0.1, 0.15) is 11.4 Å². The number of carbonyl (C=O) groups is 2. The van der Waals surface area contributed by atoms with Gasteiger partial charge in [-0.15, -0.1) is 0 Å². The van der Waals surface area contributed by atoms with Crippen molar-refractivity contribution in [3.8, 4) is 11.8 Å². The summed E-state index contributed by atoms with van der Waals surface area (Å²) in [4.78, 5) is 28.9. The molecule has 27 heavy (non-hydrogen) atoms. The van der Waals surface area contributed by atoms with Gasteiger partial charge < -0.3 is 15.4 Å². The van der Waals surface area contributed by atoms with Crippen molar-refractivity contribution >= 4 is 33.6 Å². The van der Waals surface area contributed by atoms with Crippen molar-refractivity contribution in [3.63, 3.8) is 0 Å². The summed E-state index contributed by atoms with van der Waals surface area (Å²) in [7, 11) is 0. The predicted octanol–water partition coefficient (Wildman–Crippen LogP) is 1.81. The molecule has 0 saturated heterocycles. The highest BCUT2D eigenvalue weighted by Gasteiger charge is 2.33. The lowest BCUT2D eigenvalue weighted by Gasteiger charge is -2.37. The van der Waals surface area contributed by atoms with E-state index in [1.54, 1.807) is 6.07 Å². The monoisotopic (exact) mass is 386 g/mol. The van der Waals surface area contributed by atoms with Crippen molar-refractivity contribution in [1.29, 1.82) is 0 Å². The Morgan fingerprint density at radius 1 is 1.30 bits per heavy atom. The van der Waals surface area contributed by atoms with E-state index >= 15 is 0 Å². The van der Waals surface area contributed by atoms with Crippen LogP contribution in [0.2, 0.25) is 0 Å². The van der Waals surface area contributed by atoms with E-state index in [4.69, 9.17) is 4.74 Å². The van der Waals surface area contributed by atoms with E-state index in [2.05, 4.69) is 31.8 Å². The molecule has 7 nitrogen and oxygen atoms in total. The number of carbonyl (C=O) groups excluding carboxylic acids is 2. The van der Waals surface area contributed by atoms with Crippen LogP contribution in [0.1, 0.15) is 42.2 Å². The Labute approximate surface area is 162 Å². The molecule has 0 bridgehead atoms. The van der Waals surface area contributed by atoms with Crippen molar-refractivity contribution < 1.29 is 14.3 Å². The Morgan fingerprint density at radius 3 is 2.74 bits per heavy atom. The molecule has 3 rings (SSSR count). The second kappa shape index (κ2) is 8.46. The molecule has 2 amide bonds. The van der Waals surface area contributed by atoms with Crippen LogP contribution in [0.4, 0.5) is 0 Å². The highest BCUT2D eigenvalue weighted by Crippen LogP contribution is 2.34. The number of hydrogen-bond acceptors (Lipinski definition) is 6. The molecule has 0 aliphatic heterocycles. The standard InChI is InChI=1S/C19H22N4O3S/c1-13-15-10-14(11-22-18(15)27-23-13)17(25)21-9-4-3-8-20-16(24)12-26-19(2)6-5-7-19/h10-11H,5-9,12H2,1-2H3,(H,20,24)(H,21,25). The number of amides is 2. The van der Waals surface area contributed by atoms with Crippen LogP contribution in [0.5, 0.6) is 0 Å². The summed E-state index contributed by atoms with van der Waals surface area (Å²) in [6.45, 7) is 4.39. The highest BCUT2D eigenvalue weighted by molar-refractivity contribution is 7.12. The van der Waals surface area contributed by atoms with Crippen LogP contribution >= 0.6 is 11.5 Å². The first kappa shape index (κ1) is 19.3. The van der Waals surface area contributed by atoms with Crippen LogP contribution in [0, 0.1) is 18.8 Å². The van der Waals surface area contributed by atoms with E-state index in [1.807, 2.05) is 13.8 Å². The quantitative estimate of drug-likeness (QED) is 0.739. The molecule has 0 spiro atoms. The third kappa shape index (κ3) is 5.02. The number of pyridine rings is 1. The van der Waals surface area contributed by atoms with E-state index in [9.17, 15) is 9.59 Å². The molecule has 142 valence electrons. The molecule has 1 aliphatic rings. The second-order valence-electron chi connectivity index (χ2n) is 6.75. The summed E-state index contributed by atoms with van der Waals surface area (Å²) in [6.07, 6.45) is 4.70. The lowest BCUT2D eigenvalue weighted by Crippen LogP contribution is -2.40. The van der Waals surface area contributed by atoms with Crippen LogP contribution in [-0.4, -0.2) is 46.5 Å². The fourth-order valence-corrected chi connectivity index (χ4v) is 3.40. The maximum absolute atomic E-state index is 12.2. The average molecular weight is 386 g/mol. The van der Waals surface area contributed by atoms with Crippen LogP contribution in [0.15, 0.2) is 12.3 Å². The predicted molar refractivity (Wildman–Crippen MR) is 103 cm³/mol. The molecule has 0 aromatic carbocycles. The van der Waals surface area contributed by atoms with E-state index in [1.165, 1.54) is 17.7 Å². The van der Waals surface area contributed by atoms with Gasteiger partial charge in [0.15, 0.2) is 0 Å². The van der Waals surface area contributed by atoms with E-state index < -0.39 is 0 Å². The fraction of sp³-hybridized carbons (Fsp3) is 0.474. The molecule has 0 atom stereocenters.